The molecule has 0 saturated carbocycles. The average molecular weight is 331 g/mol. The first-order valence-corrected chi connectivity index (χ1v) is 5.44. The van der Waals surface area contributed by atoms with Gasteiger partial charge in [-0.1, -0.05) is 15.9 Å². The van der Waals surface area contributed by atoms with E-state index in [1.165, 1.54) is 7.11 Å². The van der Waals surface area contributed by atoms with E-state index in [0.717, 1.165) is 0 Å². The molecule has 0 fully saturated rings. The van der Waals surface area contributed by atoms with Crippen molar-refractivity contribution in [3.63, 3.8) is 0 Å². The summed E-state index contributed by atoms with van der Waals surface area (Å²) in [5, 5.41) is 10.7. The fourth-order valence-electron chi connectivity index (χ4n) is 1.20. The van der Waals surface area contributed by atoms with Crippen LogP contribution in [0.2, 0.25) is 0 Å². The molecule has 1 aromatic heterocycles. The molecule has 100 valence electrons. The van der Waals surface area contributed by atoms with E-state index in [1.807, 2.05) is 0 Å². The first-order valence-electron chi connectivity index (χ1n) is 4.32. The summed E-state index contributed by atoms with van der Waals surface area (Å²) in [4.78, 5) is 13.3. The Kier molecular flexibility index (Phi) is 4.33. The molecule has 0 spiro atoms. The van der Waals surface area contributed by atoms with E-state index in [9.17, 15) is 23.3 Å². The van der Waals surface area contributed by atoms with Crippen molar-refractivity contribution in [1.29, 1.82) is 0 Å². The van der Waals surface area contributed by atoms with Crippen LogP contribution in [0.1, 0.15) is 5.56 Å². The zero-order valence-electron chi connectivity index (χ0n) is 8.82. The highest BCUT2D eigenvalue weighted by Crippen LogP contribution is 2.38. The normalized spacial score (nSPS) is 11.2. The van der Waals surface area contributed by atoms with Crippen molar-refractivity contribution in [2.24, 2.45) is 0 Å². The van der Waals surface area contributed by atoms with Gasteiger partial charge in [-0.15, -0.1) is 13.2 Å². The molecule has 0 aliphatic carbocycles. The van der Waals surface area contributed by atoms with Crippen LogP contribution < -0.4 is 9.47 Å². The van der Waals surface area contributed by atoms with Crippen LogP contribution in [0.25, 0.3) is 0 Å². The number of aromatic nitrogens is 1. The van der Waals surface area contributed by atoms with E-state index in [0.29, 0.717) is 6.20 Å². The van der Waals surface area contributed by atoms with Crippen molar-refractivity contribution in [3.8, 4) is 11.6 Å². The molecule has 0 aliphatic heterocycles. The average Bonchev–Trinajstić information content (AvgIpc) is 2.25. The quantitative estimate of drug-likeness (QED) is 0.482. The van der Waals surface area contributed by atoms with Crippen LogP contribution in [0.4, 0.5) is 18.9 Å². The highest BCUT2D eigenvalue weighted by molar-refractivity contribution is 9.08. The van der Waals surface area contributed by atoms with Crippen molar-refractivity contribution in [3.05, 3.63) is 21.9 Å². The first kappa shape index (κ1) is 14.5. The summed E-state index contributed by atoms with van der Waals surface area (Å²) >= 11 is 2.92. The Morgan fingerprint density at radius 3 is 2.56 bits per heavy atom. The molecule has 0 bridgehead atoms. The Bertz CT molecular complexity index is 466. The first-order chi connectivity index (χ1) is 8.30. The van der Waals surface area contributed by atoms with Gasteiger partial charge in [-0.3, -0.25) is 10.1 Å². The third-order valence-corrected chi connectivity index (χ3v) is 2.37. The molecule has 10 heteroatoms. The Balaban J connectivity index is 3.39. The Hall–Kier alpha value is -1.58. The number of pyridine rings is 1. The smallest absolute Gasteiger partial charge is 0.481 e. The minimum Gasteiger partial charge on any atom is -0.481 e. The summed E-state index contributed by atoms with van der Waals surface area (Å²) in [6.45, 7) is 0. The van der Waals surface area contributed by atoms with Gasteiger partial charge in [0.15, 0.2) is 0 Å². The monoisotopic (exact) mass is 330 g/mol. The molecule has 1 aromatic rings. The number of rotatable bonds is 4. The van der Waals surface area contributed by atoms with Crippen LogP contribution in [0.3, 0.4) is 0 Å². The van der Waals surface area contributed by atoms with Gasteiger partial charge in [0.25, 0.3) is 0 Å². The number of hydrogen-bond acceptors (Lipinski definition) is 5. The topological polar surface area (TPSA) is 74.5 Å². The largest absolute Gasteiger partial charge is 0.573 e. The molecule has 0 N–H and O–H groups in total. The van der Waals surface area contributed by atoms with Crippen molar-refractivity contribution in [2.45, 2.75) is 11.7 Å². The number of alkyl halides is 4. The van der Waals surface area contributed by atoms with Gasteiger partial charge < -0.3 is 9.47 Å². The zero-order valence-corrected chi connectivity index (χ0v) is 10.4. The van der Waals surface area contributed by atoms with Crippen LogP contribution in [0, 0.1) is 10.1 Å². The maximum atomic E-state index is 12.1. The highest BCUT2D eigenvalue weighted by Gasteiger charge is 2.36. The van der Waals surface area contributed by atoms with Crippen LogP contribution in [0.15, 0.2) is 6.20 Å². The molecular formula is C8H6BrF3N2O4. The molecule has 6 nitrogen and oxygen atoms in total. The lowest BCUT2D eigenvalue weighted by molar-refractivity contribution is -0.389. The second-order valence-corrected chi connectivity index (χ2v) is 3.46. The van der Waals surface area contributed by atoms with Crippen LogP contribution >= 0.6 is 15.9 Å². The second kappa shape index (κ2) is 5.38. The van der Waals surface area contributed by atoms with Gasteiger partial charge >= 0.3 is 12.0 Å². The summed E-state index contributed by atoms with van der Waals surface area (Å²) in [5.74, 6) is -1.13. The number of methoxy groups -OCH3 is 1. The maximum absolute atomic E-state index is 12.1. The van der Waals surface area contributed by atoms with Gasteiger partial charge in [0.2, 0.25) is 11.6 Å². The van der Waals surface area contributed by atoms with Crippen LogP contribution in [0.5, 0.6) is 11.6 Å². The lowest BCUT2D eigenvalue weighted by atomic mass is 10.2. The van der Waals surface area contributed by atoms with Crippen molar-refractivity contribution in [2.75, 3.05) is 7.11 Å². The predicted molar refractivity (Wildman–Crippen MR) is 56.8 cm³/mol. The third kappa shape index (κ3) is 3.22. The Labute approximate surface area is 107 Å². The molecule has 0 aromatic carbocycles. The molecule has 1 rings (SSSR count). The standard InChI is InChI=1S/C8H6BrF3N2O4/c1-17-7-4(2-9)6(14(15)16)5(3-13-7)18-8(10,11)12/h3H,2H2,1H3. The molecule has 0 amide bonds. The van der Waals surface area contributed by atoms with Crippen LogP contribution in [-0.4, -0.2) is 23.4 Å². The predicted octanol–water partition coefficient (Wildman–Crippen LogP) is 2.79. The molecule has 18 heavy (non-hydrogen) atoms. The van der Waals surface area contributed by atoms with Gasteiger partial charge in [0.1, 0.15) is 5.56 Å². The molecule has 0 unspecified atom stereocenters. The second-order valence-electron chi connectivity index (χ2n) is 2.90. The van der Waals surface area contributed by atoms with Crippen molar-refractivity contribution >= 4 is 21.6 Å². The molecule has 0 saturated heterocycles. The summed E-state index contributed by atoms with van der Waals surface area (Å²) < 4.78 is 44.5. The van der Waals surface area contributed by atoms with E-state index in [2.05, 4.69) is 25.7 Å². The molecular weight excluding hydrogens is 325 g/mol. The zero-order chi connectivity index (χ0) is 13.9. The SMILES string of the molecule is COc1ncc(OC(F)(F)F)c([N+](=O)[O-])c1CBr. The van der Waals surface area contributed by atoms with Crippen LogP contribution in [-0.2, 0) is 5.33 Å². The van der Waals surface area contributed by atoms with Gasteiger partial charge in [-0.25, -0.2) is 4.98 Å². The van der Waals surface area contributed by atoms with E-state index < -0.39 is 22.7 Å². The minimum absolute atomic E-state index is 0.103. The number of hydrogen-bond donors (Lipinski definition) is 0. The fourth-order valence-corrected chi connectivity index (χ4v) is 1.71. The Morgan fingerprint density at radius 1 is 1.56 bits per heavy atom. The van der Waals surface area contributed by atoms with E-state index in [1.54, 1.807) is 0 Å². The van der Waals surface area contributed by atoms with Gasteiger partial charge in [-0.05, 0) is 0 Å². The van der Waals surface area contributed by atoms with Crippen molar-refractivity contribution in [1.82, 2.24) is 4.98 Å². The minimum atomic E-state index is -5.04. The summed E-state index contributed by atoms with van der Waals surface area (Å²) in [5.41, 5.74) is -0.972. The van der Waals surface area contributed by atoms with Gasteiger partial charge in [0, 0.05) is 5.33 Å². The molecule has 1 heterocycles. The number of halogens is 4. The Morgan fingerprint density at radius 2 is 2.17 bits per heavy atom. The summed E-state index contributed by atoms with van der Waals surface area (Å²) in [7, 11) is 1.20. The van der Waals surface area contributed by atoms with E-state index >= 15 is 0 Å². The number of ether oxygens (including phenoxy) is 2. The van der Waals surface area contributed by atoms with Gasteiger partial charge in [-0.2, -0.15) is 0 Å². The molecule has 0 aliphatic rings. The fraction of sp³-hybridized carbons (Fsp3) is 0.375. The number of nitrogens with zero attached hydrogens (tertiary/aromatic N) is 2. The van der Waals surface area contributed by atoms with Gasteiger partial charge in [0.05, 0.1) is 18.2 Å². The lowest BCUT2D eigenvalue weighted by Crippen LogP contribution is -2.18. The third-order valence-electron chi connectivity index (χ3n) is 1.81. The van der Waals surface area contributed by atoms with Crippen molar-refractivity contribution < 1.29 is 27.6 Å². The lowest BCUT2D eigenvalue weighted by Gasteiger charge is -2.11. The summed E-state index contributed by atoms with van der Waals surface area (Å²) in [6, 6.07) is 0. The maximum Gasteiger partial charge on any atom is 0.573 e. The number of nitro groups is 1. The molecule has 0 radical (unpaired) electrons. The molecule has 0 atom stereocenters. The summed E-state index contributed by atoms with van der Waals surface area (Å²) in [6.07, 6.45) is -4.44. The highest BCUT2D eigenvalue weighted by atomic mass is 79.9. The van der Waals surface area contributed by atoms with E-state index in [4.69, 9.17) is 4.74 Å². The van der Waals surface area contributed by atoms with E-state index in [-0.39, 0.29) is 16.8 Å².